The zero-order valence-electron chi connectivity index (χ0n) is 10.8. The van der Waals surface area contributed by atoms with E-state index in [0.29, 0.717) is 13.2 Å². The topological polar surface area (TPSA) is 51.2 Å². The van der Waals surface area contributed by atoms with Crippen LogP contribution in [0.3, 0.4) is 0 Å². The van der Waals surface area contributed by atoms with Crippen LogP contribution in [0.25, 0.3) is 0 Å². The lowest BCUT2D eigenvalue weighted by Crippen LogP contribution is -2.18. The summed E-state index contributed by atoms with van der Waals surface area (Å²) in [6, 6.07) is 11.5. The lowest BCUT2D eigenvalue weighted by atomic mass is 10.2. The maximum atomic E-state index is 10.8. The molecule has 0 saturated heterocycles. The first-order valence-electron chi connectivity index (χ1n) is 6.09. The zero-order chi connectivity index (χ0) is 13.5. The van der Waals surface area contributed by atoms with Gasteiger partial charge in [-0.1, -0.05) is 18.2 Å². The fraction of sp³-hybridized carbons (Fsp3) is 0.200. The van der Waals surface area contributed by atoms with Gasteiger partial charge in [0.15, 0.2) is 0 Å². The summed E-state index contributed by atoms with van der Waals surface area (Å²) < 4.78 is 5.65. The van der Waals surface area contributed by atoms with Crippen molar-refractivity contribution in [2.75, 3.05) is 0 Å². The van der Waals surface area contributed by atoms with Gasteiger partial charge in [0, 0.05) is 31.4 Å². The second kappa shape index (κ2) is 6.54. The molecular formula is C15H16N2O2. The quantitative estimate of drug-likeness (QED) is 0.893. The molecule has 0 atom stereocenters. The molecule has 0 spiro atoms. The number of carbonyl (C=O) groups excluding carboxylic acids is 1. The summed E-state index contributed by atoms with van der Waals surface area (Å²) in [7, 11) is 0. The summed E-state index contributed by atoms with van der Waals surface area (Å²) in [6.45, 7) is 2.54. The summed E-state index contributed by atoms with van der Waals surface area (Å²) in [4.78, 5) is 14.8. The Hall–Kier alpha value is -2.36. The highest BCUT2D eigenvalue weighted by atomic mass is 16.5. The van der Waals surface area contributed by atoms with Gasteiger partial charge in [0.1, 0.15) is 12.4 Å². The van der Waals surface area contributed by atoms with Gasteiger partial charge in [-0.3, -0.25) is 9.78 Å². The third kappa shape index (κ3) is 4.43. The molecule has 1 heterocycles. The van der Waals surface area contributed by atoms with Gasteiger partial charge in [-0.15, -0.1) is 0 Å². The van der Waals surface area contributed by atoms with E-state index < -0.39 is 0 Å². The van der Waals surface area contributed by atoms with Gasteiger partial charge in [-0.25, -0.2) is 0 Å². The maximum Gasteiger partial charge on any atom is 0.217 e. The highest BCUT2D eigenvalue weighted by molar-refractivity contribution is 5.72. The van der Waals surface area contributed by atoms with Crippen molar-refractivity contribution in [2.24, 2.45) is 0 Å². The van der Waals surface area contributed by atoms with Gasteiger partial charge >= 0.3 is 0 Å². The summed E-state index contributed by atoms with van der Waals surface area (Å²) in [5.74, 6) is 0.771. The number of hydrogen-bond acceptors (Lipinski definition) is 3. The molecule has 98 valence electrons. The molecule has 2 aromatic rings. The Kier molecular flexibility index (Phi) is 4.50. The predicted molar refractivity (Wildman–Crippen MR) is 72.5 cm³/mol. The lowest BCUT2D eigenvalue weighted by molar-refractivity contribution is -0.119. The standard InChI is InChI=1S/C15H16N2O2/c1-12(18)17-10-13-4-6-15(7-5-13)19-11-14-3-2-8-16-9-14/h2-9H,10-11H2,1H3,(H,17,18). The first-order chi connectivity index (χ1) is 9.24. The first-order valence-corrected chi connectivity index (χ1v) is 6.09. The van der Waals surface area contributed by atoms with E-state index in [4.69, 9.17) is 4.74 Å². The van der Waals surface area contributed by atoms with Crippen LogP contribution in [0.4, 0.5) is 0 Å². The summed E-state index contributed by atoms with van der Waals surface area (Å²) in [5, 5.41) is 2.75. The number of aromatic nitrogens is 1. The number of carbonyl (C=O) groups is 1. The average molecular weight is 256 g/mol. The molecule has 1 N–H and O–H groups in total. The SMILES string of the molecule is CC(=O)NCc1ccc(OCc2cccnc2)cc1. The summed E-state index contributed by atoms with van der Waals surface area (Å²) >= 11 is 0. The van der Waals surface area contributed by atoms with E-state index in [9.17, 15) is 4.79 Å². The molecule has 2 rings (SSSR count). The number of benzene rings is 1. The summed E-state index contributed by atoms with van der Waals surface area (Å²) in [5.41, 5.74) is 2.08. The van der Waals surface area contributed by atoms with E-state index >= 15 is 0 Å². The molecular weight excluding hydrogens is 240 g/mol. The Morgan fingerprint density at radius 3 is 2.63 bits per heavy atom. The third-order valence-electron chi connectivity index (χ3n) is 2.59. The molecule has 0 unspecified atom stereocenters. The highest BCUT2D eigenvalue weighted by Gasteiger charge is 1.98. The van der Waals surface area contributed by atoms with Gasteiger partial charge in [0.2, 0.25) is 5.91 Å². The fourth-order valence-corrected chi connectivity index (χ4v) is 1.58. The molecule has 4 nitrogen and oxygen atoms in total. The molecule has 0 aliphatic heterocycles. The number of nitrogens with one attached hydrogen (secondary N) is 1. The van der Waals surface area contributed by atoms with Gasteiger partial charge < -0.3 is 10.1 Å². The molecule has 0 saturated carbocycles. The molecule has 0 aliphatic carbocycles. The van der Waals surface area contributed by atoms with E-state index in [2.05, 4.69) is 10.3 Å². The second-order valence-electron chi connectivity index (χ2n) is 4.20. The van der Waals surface area contributed by atoms with Gasteiger partial charge in [0.05, 0.1) is 0 Å². The zero-order valence-corrected chi connectivity index (χ0v) is 10.8. The van der Waals surface area contributed by atoms with Crippen molar-refractivity contribution in [3.8, 4) is 5.75 Å². The molecule has 1 aromatic carbocycles. The Balaban J connectivity index is 1.86. The summed E-state index contributed by atoms with van der Waals surface area (Å²) in [6.07, 6.45) is 3.52. The first kappa shape index (κ1) is 13.1. The van der Waals surface area contributed by atoms with E-state index in [-0.39, 0.29) is 5.91 Å². The minimum Gasteiger partial charge on any atom is -0.489 e. The minimum absolute atomic E-state index is 0.0306. The van der Waals surface area contributed by atoms with E-state index in [1.807, 2.05) is 36.4 Å². The maximum absolute atomic E-state index is 10.8. The van der Waals surface area contributed by atoms with Crippen molar-refractivity contribution in [3.05, 3.63) is 59.9 Å². The van der Waals surface area contributed by atoms with Crippen LogP contribution in [0.15, 0.2) is 48.8 Å². The van der Waals surface area contributed by atoms with Crippen molar-refractivity contribution >= 4 is 5.91 Å². The molecule has 1 amide bonds. The van der Waals surface area contributed by atoms with Crippen molar-refractivity contribution in [3.63, 3.8) is 0 Å². The smallest absolute Gasteiger partial charge is 0.217 e. The second-order valence-corrected chi connectivity index (χ2v) is 4.20. The average Bonchev–Trinajstić information content (AvgIpc) is 2.45. The minimum atomic E-state index is -0.0306. The van der Waals surface area contributed by atoms with Crippen LogP contribution >= 0.6 is 0 Å². The van der Waals surface area contributed by atoms with Crippen LogP contribution in [0.5, 0.6) is 5.75 Å². The molecule has 0 aliphatic rings. The van der Waals surface area contributed by atoms with Crippen LogP contribution in [-0.4, -0.2) is 10.9 Å². The van der Waals surface area contributed by atoms with Crippen LogP contribution in [0.2, 0.25) is 0 Å². The normalized spacial score (nSPS) is 9.95. The molecule has 19 heavy (non-hydrogen) atoms. The van der Waals surface area contributed by atoms with Crippen molar-refractivity contribution in [1.82, 2.24) is 10.3 Å². The number of nitrogens with zero attached hydrogens (tertiary/aromatic N) is 1. The van der Waals surface area contributed by atoms with Gasteiger partial charge in [-0.05, 0) is 23.8 Å². The monoisotopic (exact) mass is 256 g/mol. The van der Waals surface area contributed by atoms with Crippen molar-refractivity contribution in [2.45, 2.75) is 20.1 Å². The fourth-order valence-electron chi connectivity index (χ4n) is 1.58. The van der Waals surface area contributed by atoms with Crippen LogP contribution in [0.1, 0.15) is 18.1 Å². The molecule has 4 heteroatoms. The van der Waals surface area contributed by atoms with Crippen molar-refractivity contribution in [1.29, 1.82) is 0 Å². The molecule has 0 radical (unpaired) electrons. The largest absolute Gasteiger partial charge is 0.489 e. The predicted octanol–water partition coefficient (Wildman–Crippen LogP) is 2.30. The molecule has 1 aromatic heterocycles. The number of amides is 1. The number of hydrogen-bond donors (Lipinski definition) is 1. The number of pyridine rings is 1. The van der Waals surface area contributed by atoms with E-state index in [0.717, 1.165) is 16.9 Å². The van der Waals surface area contributed by atoms with E-state index in [1.54, 1.807) is 12.4 Å². The Morgan fingerprint density at radius 1 is 1.21 bits per heavy atom. The molecule has 0 fully saturated rings. The van der Waals surface area contributed by atoms with Crippen LogP contribution < -0.4 is 10.1 Å². The van der Waals surface area contributed by atoms with Crippen LogP contribution in [0, 0.1) is 0 Å². The Morgan fingerprint density at radius 2 is 2.00 bits per heavy atom. The lowest BCUT2D eigenvalue weighted by Gasteiger charge is -2.07. The third-order valence-corrected chi connectivity index (χ3v) is 2.59. The van der Waals surface area contributed by atoms with Gasteiger partial charge in [0.25, 0.3) is 0 Å². The molecule has 0 bridgehead atoms. The number of ether oxygens (including phenoxy) is 1. The van der Waals surface area contributed by atoms with E-state index in [1.165, 1.54) is 6.92 Å². The number of rotatable bonds is 5. The van der Waals surface area contributed by atoms with Gasteiger partial charge in [-0.2, -0.15) is 0 Å². The Bertz CT molecular complexity index is 524. The van der Waals surface area contributed by atoms with Crippen molar-refractivity contribution < 1.29 is 9.53 Å². The Labute approximate surface area is 112 Å². The highest BCUT2D eigenvalue weighted by Crippen LogP contribution is 2.13. The van der Waals surface area contributed by atoms with Crippen LogP contribution in [-0.2, 0) is 17.9 Å².